The van der Waals surface area contributed by atoms with Gasteiger partial charge in [-0.3, -0.25) is 9.59 Å². The van der Waals surface area contributed by atoms with Crippen molar-refractivity contribution in [2.24, 2.45) is 0 Å². The van der Waals surface area contributed by atoms with Gasteiger partial charge in [0.2, 0.25) is 0 Å². The average Bonchev–Trinajstić information content (AvgIpc) is 2.66. The summed E-state index contributed by atoms with van der Waals surface area (Å²) >= 11 is 1.36. The van der Waals surface area contributed by atoms with Gasteiger partial charge in [0.25, 0.3) is 5.56 Å². The number of nitriles is 1. The number of carbonyl (C=O) groups excluding carboxylic acids is 1. The minimum Gasteiger partial charge on any atom is -0.343 e. The molecule has 1 aliphatic heterocycles. The van der Waals surface area contributed by atoms with Crippen molar-refractivity contribution >= 4 is 23.4 Å². The minimum atomic E-state index is -0.464. The summed E-state index contributed by atoms with van der Waals surface area (Å²) in [6.07, 6.45) is 3.88. The fourth-order valence-corrected chi connectivity index (χ4v) is 4.00. The summed E-state index contributed by atoms with van der Waals surface area (Å²) in [6, 6.07) is 9.14. The predicted molar refractivity (Wildman–Crippen MR) is 99.1 cm³/mol. The molecule has 2 N–H and O–H groups in total. The summed E-state index contributed by atoms with van der Waals surface area (Å²) in [4.78, 5) is 32.8. The normalized spacial score (nSPS) is 18.6. The van der Waals surface area contributed by atoms with Gasteiger partial charge in [0.1, 0.15) is 5.82 Å². The first-order chi connectivity index (χ1) is 12.6. The van der Waals surface area contributed by atoms with E-state index in [9.17, 15) is 9.59 Å². The molecule has 0 amide bonds. The second-order valence-electron chi connectivity index (χ2n) is 6.30. The molecule has 26 heavy (non-hydrogen) atoms. The lowest BCUT2D eigenvalue weighted by Gasteiger charge is -2.32. The van der Waals surface area contributed by atoms with E-state index in [-0.39, 0.29) is 11.3 Å². The van der Waals surface area contributed by atoms with Crippen LogP contribution in [0.5, 0.6) is 0 Å². The number of ketones is 1. The van der Waals surface area contributed by atoms with Gasteiger partial charge in [-0.15, -0.1) is 0 Å². The number of carbonyl (C=O) groups is 1. The van der Waals surface area contributed by atoms with Crippen LogP contribution in [0.25, 0.3) is 0 Å². The Bertz CT molecular complexity index is 1030. The highest BCUT2D eigenvalue weighted by atomic mass is 32.2. The standard InChI is InChI=1S/C19H16N4O2S/c1-26-19-22-17-16(18(25)23-19)14(11-7-5-10(9-20)6-8-11)15-12(21-17)3-2-4-13(15)24/h5-8,14H,2-4H2,1H3,(H2,21,22,23,25)/t14-/m1/s1. The van der Waals surface area contributed by atoms with Gasteiger partial charge in [0.15, 0.2) is 10.9 Å². The van der Waals surface area contributed by atoms with Gasteiger partial charge in [-0.25, -0.2) is 4.98 Å². The molecule has 0 spiro atoms. The zero-order valence-electron chi connectivity index (χ0n) is 14.1. The van der Waals surface area contributed by atoms with Crippen LogP contribution in [0, 0.1) is 11.3 Å². The van der Waals surface area contributed by atoms with Crippen molar-refractivity contribution in [3.8, 4) is 6.07 Å². The Labute approximate surface area is 154 Å². The molecule has 0 saturated carbocycles. The highest BCUT2D eigenvalue weighted by molar-refractivity contribution is 7.98. The molecule has 6 nitrogen and oxygen atoms in total. The second kappa shape index (κ2) is 6.46. The molecule has 1 aliphatic carbocycles. The van der Waals surface area contributed by atoms with Gasteiger partial charge in [-0.2, -0.15) is 5.26 Å². The zero-order chi connectivity index (χ0) is 18.3. The second-order valence-corrected chi connectivity index (χ2v) is 7.09. The molecule has 2 heterocycles. The van der Waals surface area contributed by atoms with E-state index in [1.807, 2.05) is 18.4 Å². The van der Waals surface area contributed by atoms with Crippen LogP contribution in [0.2, 0.25) is 0 Å². The van der Waals surface area contributed by atoms with Gasteiger partial charge in [0, 0.05) is 23.6 Å². The van der Waals surface area contributed by atoms with E-state index in [4.69, 9.17) is 5.26 Å². The van der Waals surface area contributed by atoms with Crippen molar-refractivity contribution < 1.29 is 4.79 Å². The number of allylic oxidation sites excluding steroid dienone is 2. The molecule has 0 radical (unpaired) electrons. The molecule has 130 valence electrons. The summed E-state index contributed by atoms with van der Waals surface area (Å²) in [6.45, 7) is 0. The van der Waals surface area contributed by atoms with Crippen molar-refractivity contribution in [3.05, 3.63) is 62.6 Å². The first-order valence-electron chi connectivity index (χ1n) is 8.34. The molecule has 1 atom stereocenters. The van der Waals surface area contributed by atoms with Gasteiger partial charge >= 0.3 is 0 Å². The number of thioether (sulfide) groups is 1. The van der Waals surface area contributed by atoms with E-state index < -0.39 is 5.92 Å². The summed E-state index contributed by atoms with van der Waals surface area (Å²) in [5.41, 5.74) is 3.08. The third-order valence-corrected chi connectivity index (χ3v) is 5.38. The highest BCUT2D eigenvalue weighted by Crippen LogP contribution is 2.43. The SMILES string of the molecule is CSc1nc2c(c(=O)[nH]1)[C@H](c1ccc(C#N)cc1)C1=C(CCCC1=O)N2. The molecule has 0 unspecified atom stereocenters. The number of nitrogens with zero attached hydrogens (tertiary/aromatic N) is 2. The Balaban J connectivity index is 1.96. The molecular weight excluding hydrogens is 348 g/mol. The molecule has 1 aromatic carbocycles. The van der Waals surface area contributed by atoms with Crippen LogP contribution in [-0.4, -0.2) is 22.0 Å². The van der Waals surface area contributed by atoms with Crippen molar-refractivity contribution in [1.29, 1.82) is 5.26 Å². The Hall–Kier alpha value is -2.85. The summed E-state index contributed by atoms with van der Waals surface area (Å²) in [7, 11) is 0. The van der Waals surface area contributed by atoms with E-state index >= 15 is 0 Å². The number of aromatic nitrogens is 2. The van der Waals surface area contributed by atoms with Gasteiger partial charge in [-0.1, -0.05) is 23.9 Å². The number of fused-ring (bicyclic) bond motifs is 1. The first kappa shape index (κ1) is 16.6. The number of hydrogen-bond donors (Lipinski definition) is 2. The molecule has 1 aromatic heterocycles. The Morgan fingerprint density at radius 3 is 2.69 bits per heavy atom. The molecule has 4 rings (SSSR count). The number of benzene rings is 1. The van der Waals surface area contributed by atoms with Crippen molar-refractivity contribution in [2.45, 2.75) is 30.3 Å². The van der Waals surface area contributed by atoms with Crippen LogP contribution in [-0.2, 0) is 4.79 Å². The number of Topliss-reactive ketones (excluding diaryl/α,β-unsaturated/α-hetero) is 1. The third kappa shape index (κ3) is 2.63. The average molecular weight is 364 g/mol. The topological polar surface area (TPSA) is 98.6 Å². The number of aromatic amines is 1. The van der Waals surface area contributed by atoms with Gasteiger partial charge in [0.05, 0.1) is 17.2 Å². The van der Waals surface area contributed by atoms with E-state index in [2.05, 4.69) is 21.4 Å². The quantitative estimate of drug-likeness (QED) is 0.628. The van der Waals surface area contributed by atoms with Crippen LogP contribution in [0.15, 0.2) is 45.5 Å². The Kier molecular flexibility index (Phi) is 4.13. The van der Waals surface area contributed by atoms with Gasteiger partial charge < -0.3 is 10.3 Å². The fourth-order valence-electron chi connectivity index (χ4n) is 3.62. The molecule has 0 fully saturated rings. The lowest BCUT2D eigenvalue weighted by Crippen LogP contribution is -2.32. The van der Waals surface area contributed by atoms with Gasteiger partial charge in [-0.05, 0) is 36.8 Å². The van der Waals surface area contributed by atoms with E-state index in [0.717, 1.165) is 24.1 Å². The van der Waals surface area contributed by atoms with Crippen molar-refractivity contribution in [2.75, 3.05) is 11.6 Å². The number of H-pyrrole nitrogens is 1. The molecule has 2 aromatic rings. The lowest BCUT2D eigenvalue weighted by atomic mass is 9.76. The molecule has 7 heteroatoms. The summed E-state index contributed by atoms with van der Waals surface area (Å²) in [5, 5.41) is 12.8. The van der Waals surface area contributed by atoms with Crippen molar-refractivity contribution in [3.63, 3.8) is 0 Å². The highest BCUT2D eigenvalue weighted by Gasteiger charge is 2.37. The number of nitrogens with one attached hydrogen (secondary N) is 2. The summed E-state index contributed by atoms with van der Waals surface area (Å²) in [5.74, 6) is 0.113. The molecular formula is C19H16N4O2S. The fraction of sp³-hybridized carbons (Fsp3) is 0.263. The Morgan fingerprint density at radius 2 is 2.00 bits per heavy atom. The number of hydrogen-bond acceptors (Lipinski definition) is 6. The number of anilines is 1. The zero-order valence-corrected chi connectivity index (χ0v) is 14.9. The van der Waals surface area contributed by atoms with Crippen LogP contribution in [0.3, 0.4) is 0 Å². The Morgan fingerprint density at radius 1 is 1.23 bits per heavy atom. The maximum absolute atomic E-state index is 12.8. The number of rotatable bonds is 2. The van der Waals surface area contributed by atoms with Crippen LogP contribution < -0.4 is 10.9 Å². The monoisotopic (exact) mass is 364 g/mol. The predicted octanol–water partition coefficient (Wildman–Crippen LogP) is 2.93. The maximum atomic E-state index is 12.8. The molecule has 2 aliphatic rings. The first-order valence-corrected chi connectivity index (χ1v) is 9.56. The summed E-state index contributed by atoms with van der Waals surface area (Å²) < 4.78 is 0. The maximum Gasteiger partial charge on any atom is 0.257 e. The van der Waals surface area contributed by atoms with E-state index in [1.165, 1.54) is 11.8 Å². The largest absolute Gasteiger partial charge is 0.343 e. The van der Waals surface area contributed by atoms with Crippen molar-refractivity contribution in [1.82, 2.24) is 9.97 Å². The van der Waals surface area contributed by atoms with E-state index in [1.54, 1.807) is 12.1 Å². The lowest BCUT2D eigenvalue weighted by molar-refractivity contribution is -0.116. The van der Waals surface area contributed by atoms with E-state index in [0.29, 0.717) is 34.1 Å². The smallest absolute Gasteiger partial charge is 0.257 e. The molecule has 0 bridgehead atoms. The van der Waals surface area contributed by atoms with Crippen LogP contribution in [0.4, 0.5) is 5.82 Å². The minimum absolute atomic E-state index is 0.0621. The van der Waals surface area contributed by atoms with Crippen LogP contribution in [0.1, 0.15) is 41.9 Å². The third-order valence-electron chi connectivity index (χ3n) is 4.80. The van der Waals surface area contributed by atoms with Crippen LogP contribution >= 0.6 is 11.8 Å². The molecule has 0 saturated heterocycles.